The van der Waals surface area contributed by atoms with Crippen LogP contribution in [0.5, 0.6) is 0 Å². The van der Waals surface area contributed by atoms with Crippen LogP contribution in [0.15, 0.2) is 12.1 Å². The van der Waals surface area contributed by atoms with Gasteiger partial charge in [0.05, 0.1) is 23.4 Å². The van der Waals surface area contributed by atoms with E-state index in [4.69, 9.17) is 5.11 Å². The van der Waals surface area contributed by atoms with Gasteiger partial charge in [-0.2, -0.15) is 0 Å². The average Bonchev–Trinajstić information content (AvgIpc) is 2.98. The molecule has 0 aromatic carbocycles. The van der Waals surface area contributed by atoms with Crippen molar-refractivity contribution in [3.63, 3.8) is 0 Å². The van der Waals surface area contributed by atoms with Gasteiger partial charge in [0.2, 0.25) is 0 Å². The number of aryl methyl sites for hydroxylation is 2. The monoisotopic (exact) mass is 220 g/mol. The Morgan fingerprint density at radius 1 is 1.50 bits per heavy atom. The molecule has 0 radical (unpaired) electrons. The van der Waals surface area contributed by atoms with E-state index in [-0.39, 0.29) is 18.1 Å². The summed E-state index contributed by atoms with van der Waals surface area (Å²) in [6.07, 6.45) is 1.71. The number of carbonyl (C=O) groups is 1. The summed E-state index contributed by atoms with van der Waals surface area (Å²) in [7, 11) is 0. The lowest BCUT2D eigenvalue weighted by atomic mass is 10.1. The first-order valence-corrected chi connectivity index (χ1v) is 5.44. The van der Waals surface area contributed by atoms with E-state index in [9.17, 15) is 4.79 Å². The first-order valence-electron chi connectivity index (χ1n) is 5.44. The molecule has 1 heterocycles. The van der Waals surface area contributed by atoms with E-state index < -0.39 is 0 Å². The highest BCUT2D eigenvalue weighted by atomic mass is 16.3. The molecule has 2 N–H and O–H groups in total. The van der Waals surface area contributed by atoms with E-state index in [2.05, 4.69) is 10.3 Å². The predicted octanol–water partition coefficient (Wildman–Crippen LogP) is 0.953. The fraction of sp³-hybridized carbons (Fsp3) is 0.500. The molecule has 0 unspecified atom stereocenters. The molecule has 0 atom stereocenters. The van der Waals surface area contributed by atoms with Crippen LogP contribution < -0.4 is 5.32 Å². The molecule has 0 saturated heterocycles. The molecule has 1 amide bonds. The lowest BCUT2D eigenvalue weighted by Crippen LogP contribution is -2.39. The highest BCUT2D eigenvalue weighted by molar-refractivity contribution is 5.95. The number of amides is 1. The molecule has 86 valence electrons. The van der Waals surface area contributed by atoms with Crippen molar-refractivity contribution in [1.82, 2.24) is 10.3 Å². The number of aromatic nitrogens is 1. The van der Waals surface area contributed by atoms with Gasteiger partial charge in [0, 0.05) is 5.69 Å². The molecule has 1 fully saturated rings. The lowest BCUT2D eigenvalue weighted by Gasteiger charge is -2.15. The van der Waals surface area contributed by atoms with Gasteiger partial charge in [0.15, 0.2) is 0 Å². The van der Waals surface area contributed by atoms with E-state index in [1.807, 2.05) is 19.9 Å². The second kappa shape index (κ2) is 3.87. The van der Waals surface area contributed by atoms with Gasteiger partial charge in [-0.1, -0.05) is 0 Å². The summed E-state index contributed by atoms with van der Waals surface area (Å²) in [6.45, 7) is 3.72. The smallest absolute Gasteiger partial charge is 0.253 e. The Balaban J connectivity index is 2.15. The summed E-state index contributed by atoms with van der Waals surface area (Å²) in [5.74, 6) is -0.142. The zero-order valence-corrected chi connectivity index (χ0v) is 9.58. The number of aliphatic hydroxyl groups excluding tert-OH is 1. The molecule has 4 nitrogen and oxygen atoms in total. The number of nitrogens with one attached hydrogen (secondary N) is 1. The molecule has 2 rings (SSSR count). The first kappa shape index (κ1) is 11.1. The van der Waals surface area contributed by atoms with Crippen molar-refractivity contribution in [1.29, 1.82) is 0 Å². The number of carbonyl (C=O) groups excluding carboxylic acids is 1. The summed E-state index contributed by atoms with van der Waals surface area (Å²) in [5.41, 5.74) is 1.85. The van der Waals surface area contributed by atoms with Crippen LogP contribution in [0.25, 0.3) is 0 Å². The van der Waals surface area contributed by atoms with Gasteiger partial charge in [-0.3, -0.25) is 9.78 Å². The number of aliphatic hydroxyl groups is 1. The van der Waals surface area contributed by atoms with Crippen molar-refractivity contribution in [2.24, 2.45) is 0 Å². The number of hydrogen-bond donors (Lipinski definition) is 2. The van der Waals surface area contributed by atoms with Crippen LogP contribution in [0.1, 0.15) is 34.6 Å². The summed E-state index contributed by atoms with van der Waals surface area (Å²) in [5, 5.41) is 12.0. The van der Waals surface area contributed by atoms with Gasteiger partial charge >= 0.3 is 0 Å². The van der Waals surface area contributed by atoms with Gasteiger partial charge in [-0.25, -0.2) is 0 Å². The number of rotatable bonds is 3. The normalized spacial score (nSPS) is 16.9. The molecular formula is C12H16N2O2. The molecule has 16 heavy (non-hydrogen) atoms. The van der Waals surface area contributed by atoms with Crippen LogP contribution in [0.3, 0.4) is 0 Å². The highest BCUT2D eigenvalue weighted by Gasteiger charge is 2.43. The van der Waals surface area contributed by atoms with Crippen LogP contribution in [-0.4, -0.2) is 28.1 Å². The van der Waals surface area contributed by atoms with E-state index in [1.165, 1.54) is 0 Å². The van der Waals surface area contributed by atoms with E-state index in [0.717, 1.165) is 24.2 Å². The second-order valence-corrected chi connectivity index (χ2v) is 4.48. The zero-order chi connectivity index (χ0) is 11.8. The van der Waals surface area contributed by atoms with Crippen molar-refractivity contribution in [3.8, 4) is 0 Å². The Bertz CT molecular complexity index is 425. The Labute approximate surface area is 94.7 Å². The summed E-state index contributed by atoms with van der Waals surface area (Å²) < 4.78 is 0. The number of hydrogen-bond acceptors (Lipinski definition) is 3. The van der Waals surface area contributed by atoms with Gasteiger partial charge in [-0.15, -0.1) is 0 Å². The molecule has 0 aliphatic heterocycles. The minimum absolute atomic E-state index is 0.0110. The maximum absolute atomic E-state index is 11.9. The topological polar surface area (TPSA) is 62.2 Å². The lowest BCUT2D eigenvalue weighted by molar-refractivity contribution is 0.0905. The molecule has 1 aromatic rings. The van der Waals surface area contributed by atoms with Crippen molar-refractivity contribution in [3.05, 3.63) is 29.1 Å². The van der Waals surface area contributed by atoms with Crippen LogP contribution in [-0.2, 0) is 0 Å². The van der Waals surface area contributed by atoms with Crippen molar-refractivity contribution in [2.45, 2.75) is 32.2 Å². The standard InChI is InChI=1S/C12H16N2O2/c1-8-3-4-10(9(2)13-8)11(16)14-12(7-15)5-6-12/h3-4,15H,5-7H2,1-2H3,(H,14,16). The molecule has 1 aromatic heterocycles. The second-order valence-electron chi connectivity index (χ2n) is 4.48. The van der Waals surface area contributed by atoms with Crippen molar-refractivity contribution < 1.29 is 9.90 Å². The average molecular weight is 220 g/mol. The molecule has 1 saturated carbocycles. The van der Waals surface area contributed by atoms with Crippen molar-refractivity contribution in [2.75, 3.05) is 6.61 Å². The van der Waals surface area contributed by atoms with Gasteiger partial charge < -0.3 is 10.4 Å². The van der Waals surface area contributed by atoms with Crippen LogP contribution >= 0.6 is 0 Å². The molecule has 0 bridgehead atoms. The molecular weight excluding hydrogens is 204 g/mol. The maximum atomic E-state index is 11.9. The predicted molar refractivity (Wildman–Crippen MR) is 60.2 cm³/mol. The third kappa shape index (κ3) is 2.07. The minimum atomic E-state index is -0.367. The number of nitrogens with zero attached hydrogens (tertiary/aromatic N) is 1. The van der Waals surface area contributed by atoms with E-state index in [1.54, 1.807) is 6.07 Å². The van der Waals surface area contributed by atoms with Gasteiger partial charge in [0.1, 0.15) is 0 Å². The Kier molecular flexibility index (Phi) is 2.68. The van der Waals surface area contributed by atoms with E-state index >= 15 is 0 Å². The summed E-state index contributed by atoms with van der Waals surface area (Å²) >= 11 is 0. The summed E-state index contributed by atoms with van der Waals surface area (Å²) in [6, 6.07) is 3.60. The SMILES string of the molecule is Cc1ccc(C(=O)NC2(CO)CC2)c(C)n1. The Morgan fingerprint density at radius 2 is 2.19 bits per heavy atom. The van der Waals surface area contributed by atoms with Crippen LogP contribution in [0.2, 0.25) is 0 Å². The summed E-state index contributed by atoms with van der Waals surface area (Å²) in [4.78, 5) is 16.2. The zero-order valence-electron chi connectivity index (χ0n) is 9.58. The largest absolute Gasteiger partial charge is 0.394 e. The van der Waals surface area contributed by atoms with Gasteiger partial charge in [0.25, 0.3) is 5.91 Å². The third-order valence-corrected chi connectivity index (χ3v) is 3.00. The van der Waals surface area contributed by atoms with Crippen LogP contribution in [0, 0.1) is 13.8 Å². The van der Waals surface area contributed by atoms with Crippen molar-refractivity contribution >= 4 is 5.91 Å². The quantitative estimate of drug-likeness (QED) is 0.797. The fourth-order valence-corrected chi connectivity index (χ4v) is 1.71. The molecule has 4 heteroatoms. The highest BCUT2D eigenvalue weighted by Crippen LogP contribution is 2.34. The fourth-order valence-electron chi connectivity index (χ4n) is 1.71. The van der Waals surface area contributed by atoms with E-state index in [0.29, 0.717) is 5.56 Å². The van der Waals surface area contributed by atoms with Crippen LogP contribution in [0.4, 0.5) is 0 Å². The minimum Gasteiger partial charge on any atom is -0.394 e. The molecule has 1 aliphatic rings. The Morgan fingerprint density at radius 3 is 2.69 bits per heavy atom. The number of pyridine rings is 1. The maximum Gasteiger partial charge on any atom is 0.253 e. The van der Waals surface area contributed by atoms with Gasteiger partial charge in [-0.05, 0) is 38.8 Å². The first-order chi connectivity index (χ1) is 7.56. The third-order valence-electron chi connectivity index (χ3n) is 3.00. The Hall–Kier alpha value is -1.42. The molecule has 0 spiro atoms. The molecule has 1 aliphatic carbocycles.